The minimum absolute atomic E-state index is 0.211. The molecule has 0 spiro atoms. The molecule has 1 heterocycles. The van der Waals surface area contributed by atoms with Gasteiger partial charge in [-0.3, -0.25) is 15.1 Å². The number of nitrogens with one attached hydrogen (secondary N) is 2. The van der Waals surface area contributed by atoms with Crippen LogP contribution in [0.15, 0.2) is 71.9 Å². The monoisotopic (exact) mass is 372 g/mol. The van der Waals surface area contributed by atoms with E-state index in [-0.39, 0.29) is 5.91 Å². The Hall–Kier alpha value is -3.47. The molecule has 0 saturated heterocycles. The molecule has 0 aliphatic carbocycles. The van der Waals surface area contributed by atoms with E-state index in [9.17, 15) is 4.79 Å². The maximum atomic E-state index is 12.7. The number of amides is 1. The highest BCUT2D eigenvalue weighted by Crippen LogP contribution is 2.18. The summed E-state index contributed by atoms with van der Waals surface area (Å²) in [6, 6.07) is 19.1. The number of aliphatic imine (C=N–C) groups is 1. The van der Waals surface area contributed by atoms with E-state index in [1.807, 2.05) is 56.3 Å². The van der Waals surface area contributed by atoms with E-state index in [0.717, 1.165) is 22.5 Å². The number of hydrogen-bond donors (Lipinski definition) is 2. The van der Waals surface area contributed by atoms with Crippen molar-refractivity contribution in [1.82, 2.24) is 10.3 Å². The highest BCUT2D eigenvalue weighted by molar-refractivity contribution is 6.10. The number of aryl methyl sites for hydroxylation is 2. The molecule has 0 saturated carbocycles. The predicted octanol–water partition coefficient (Wildman–Crippen LogP) is 4.40. The Morgan fingerprint density at radius 2 is 1.75 bits per heavy atom. The van der Waals surface area contributed by atoms with Crippen LogP contribution in [0.4, 0.5) is 5.69 Å². The summed E-state index contributed by atoms with van der Waals surface area (Å²) >= 11 is 0. The van der Waals surface area contributed by atoms with E-state index in [1.165, 1.54) is 5.56 Å². The maximum Gasteiger partial charge on any atom is 0.257 e. The van der Waals surface area contributed by atoms with Gasteiger partial charge in [-0.15, -0.1) is 0 Å². The number of carbonyl (C=O) groups is 1. The molecule has 0 unspecified atom stereocenters. The average Bonchev–Trinajstić information content (AvgIpc) is 2.71. The standard InChI is InChI=1S/C23H24N4O/c1-16-10-12-19(13-11-16)22(28)27-23(25-15-20-8-4-5-14-24-20)26-21-9-6-7-17(2)18(21)3/h4-14H,15H2,1-3H3,(H2,25,26,27,28). The molecular weight excluding hydrogens is 348 g/mol. The lowest BCUT2D eigenvalue weighted by Gasteiger charge is -2.15. The summed E-state index contributed by atoms with van der Waals surface area (Å²) in [7, 11) is 0. The van der Waals surface area contributed by atoms with Gasteiger partial charge in [0.2, 0.25) is 5.96 Å². The van der Waals surface area contributed by atoms with Gasteiger partial charge in [0, 0.05) is 17.4 Å². The number of anilines is 1. The van der Waals surface area contributed by atoms with Crippen molar-refractivity contribution in [3.05, 3.63) is 94.8 Å². The molecule has 28 heavy (non-hydrogen) atoms. The van der Waals surface area contributed by atoms with Crippen LogP contribution in [0.25, 0.3) is 0 Å². The van der Waals surface area contributed by atoms with Crippen molar-refractivity contribution in [1.29, 1.82) is 0 Å². The summed E-state index contributed by atoms with van der Waals surface area (Å²) in [6.45, 7) is 6.44. The molecule has 5 nitrogen and oxygen atoms in total. The quantitative estimate of drug-likeness (QED) is 0.527. The van der Waals surface area contributed by atoms with Gasteiger partial charge in [0.05, 0.1) is 12.2 Å². The Balaban J connectivity index is 1.84. The van der Waals surface area contributed by atoms with Gasteiger partial charge in [-0.1, -0.05) is 35.9 Å². The van der Waals surface area contributed by atoms with Crippen molar-refractivity contribution < 1.29 is 4.79 Å². The molecule has 0 aliphatic rings. The number of pyridine rings is 1. The third-order valence-electron chi connectivity index (χ3n) is 4.53. The molecule has 2 N–H and O–H groups in total. The number of hydrogen-bond acceptors (Lipinski definition) is 3. The first-order chi connectivity index (χ1) is 13.5. The minimum atomic E-state index is -0.211. The Morgan fingerprint density at radius 3 is 2.46 bits per heavy atom. The van der Waals surface area contributed by atoms with Crippen molar-refractivity contribution in [2.75, 3.05) is 5.32 Å². The van der Waals surface area contributed by atoms with Crippen LogP contribution in [0.2, 0.25) is 0 Å². The first-order valence-electron chi connectivity index (χ1n) is 9.18. The lowest BCUT2D eigenvalue weighted by atomic mass is 10.1. The van der Waals surface area contributed by atoms with E-state index in [1.54, 1.807) is 18.3 Å². The highest BCUT2D eigenvalue weighted by Gasteiger charge is 2.11. The van der Waals surface area contributed by atoms with E-state index in [2.05, 4.69) is 33.6 Å². The number of guanidine groups is 1. The zero-order chi connectivity index (χ0) is 19.9. The molecule has 1 amide bonds. The van der Waals surface area contributed by atoms with Gasteiger partial charge in [0.25, 0.3) is 5.91 Å². The molecule has 5 heteroatoms. The van der Waals surface area contributed by atoms with Crippen molar-refractivity contribution >= 4 is 17.6 Å². The molecule has 0 radical (unpaired) electrons. The minimum Gasteiger partial charge on any atom is -0.326 e. The molecule has 0 bridgehead atoms. The highest BCUT2D eigenvalue weighted by atomic mass is 16.1. The molecule has 1 aromatic heterocycles. The predicted molar refractivity (Wildman–Crippen MR) is 114 cm³/mol. The van der Waals surface area contributed by atoms with E-state index in [4.69, 9.17) is 0 Å². The van der Waals surface area contributed by atoms with E-state index >= 15 is 0 Å². The number of benzene rings is 2. The van der Waals surface area contributed by atoms with Crippen LogP contribution >= 0.6 is 0 Å². The lowest BCUT2D eigenvalue weighted by molar-refractivity contribution is 0.0977. The van der Waals surface area contributed by atoms with Crippen LogP contribution in [0.1, 0.15) is 32.7 Å². The van der Waals surface area contributed by atoms with Crippen molar-refractivity contribution in [2.45, 2.75) is 27.3 Å². The summed E-state index contributed by atoms with van der Waals surface area (Å²) in [5.41, 5.74) is 5.70. The van der Waals surface area contributed by atoms with Crippen molar-refractivity contribution in [2.24, 2.45) is 4.99 Å². The average molecular weight is 372 g/mol. The zero-order valence-electron chi connectivity index (χ0n) is 16.4. The molecule has 3 rings (SSSR count). The molecule has 0 fully saturated rings. The Bertz CT molecular complexity index is 979. The molecule has 3 aromatic rings. The number of aromatic nitrogens is 1. The zero-order valence-corrected chi connectivity index (χ0v) is 16.4. The van der Waals surface area contributed by atoms with Gasteiger partial charge in [-0.2, -0.15) is 0 Å². The van der Waals surface area contributed by atoms with Gasteiger partial charge >= 0.3 is 0 Å². The van der Waals surface area contributed by atoms with E-state index in [0.29, 0.717) is 18.1 Å². The fourth-order valence-corrected chi connectivity index (χ4v) is 2.66. The number of rotatable bonds is 4. The van der Waals surface area contributed by atoms with E-state index < -0.39 is 0 Å². The lowest BCUT2D eigenvalue weighted by Crippen LogP contribution is -2.36. The summed E-state index contributed by atoms with van der Waals surface area (Å²) < 4.78 is 0. The van der Waals surface area contributed by atoms with Gasteiger partial charge in [-0.25, -0.2) is 4.99 Å². The first kappa shape index (κ1) is 19.3. The van der Waals surface area contributed by atoms with Crippen molar-refractivity contribution in [3.8, 4) is 0 Å². The van der Waals surface area contributed by atoms with Gasteiger partial charge in [0.15, 0.2) is 0 Å². The Morgan fingerprint density at radius 1 is 0.964 bits per heavy atom. The molecular formula is C23H24N4O. The van der Waals surface area contributed by atoms with Crippen LogP contribution in [-0.4, -0.2) is 16.9 Å². The molecule has 142 valence electrons. The number of carbonyl (C=O) groups excluding carboxylic acids is 1. The largest absolute Gasteiger partial charge is 0.326 e. The van der Waals surface area contributed by atoms with Crippen LogP contribution in [-0.2, 0) is 6.54 Å². The first-order valence-corrected chi connectivity index (χ1v) is 9.18. The fraction of sp³-hybridized carbons (Fsp3) is 0.174. The van der Waals surface area contributed by atoms with Crippen LogP contribution < -0.4 is 10.6 Å². The third-order valence-corrected chi connectivity index (χ3v) is 4.53. The van der Waals surface area contributed by atoms with Crippen molar-refractivity contribution in [3.63, 3.8) is 0 Å². The summed E-state index contributed by atoms with van der Waals surface area (Å²) in [5, 5.41) is 6.15. The fourth-order valence-electron chi connectivity index (χ4n) is 2.66. The normalized spacial score (nSPS) is 11.2. The van der Waals surface area contributed by atoms with Gasteiger partial charge in [0.1, 0.15) is 0 Å². The smallest absolute Gasteiger partial charge is 0.257 e. The second kappa shape index (κ2) is 8.95. The van der Waals surface area contributed by atoms with Crippen LogP contribution in [0.5, 0.6) is 0 Å². The van der Waals surface area contributed by atoms with Gasteiger partial charge in [-0.05, 0) is 62.2 Å². The summed E-state index contributed by atoms with van der Waals surface area (Å²) in [4.78, 5) is 21.5. The van der Waals surface area contributed by atoms with Crippen LogP contribution in [0.3, 0.4) is 0 Å². The Kier molecular flexibility index (Phi) is 6.17. The summed E-state index contributed by atoms with van der Waals surface area (Å²) in [5.74, 6) is 0.183. The summed E-state index contributed by atoms with van der Waals surface area (Å²) in [6.07, 6.45) is 1.73. The van der Waals surface area contributed by atoms with Gasteiger partial charge < -0.3 is 5.32 Å². The number of nitrogens with zero attached hydrogens (tertiary/aromatic N) is 2. The second-order valence-electron chi connectivity index (χ2n) is 6.68. The SMILES string of the molecule is Cc1ccc(C(=O)NC(=NCc2ccccn2)Nc2cccc(C)c2C)cc1. The molecule has 0 atom stereocenters. The topological polar surface area (TPSA) is 66.4 Å². The maximum absolute atomic E-state index is 12.7. The second-order valence-corrected chi connectivity index (χ2v) is 6.68. The molecule has 0 aliphatic heterocycles. The Labute approximate surface area is 165 Å². The van der Waals surface area contributed by atoms with Crippen LogP contribution in [0, 0.1) is 20.8 Å². The molecule has 2 aromatic carbocycles. The third kappa shape index (κ3) is 5.04.